The van der Waals surface area contributed by atoms with E-state index in [1.165, 1.54) is 25.1 Å². The van der Waals surface area contributed by atoms with Crippen molar-refractivity contribution in [2.24, 2.45) is 0 Å². The van der Waals surface area contributed by atoms with Gasteiger partial charge in [-0.25, -0.2) is 9.97 Å². The lowest BCUT2D eigenvalue weighted by Gasteiger charge is -2.20. The van der Waals surface area contributed by atoms with Gasteiger partial charge in [-0.05, 0) is 12.1 Å². The predicted octanol–water partition coefficient (Wildman–Crippen LogP) is 1.83. The Labute approximate surface area is 118 Å². The molecule has 0 bridgehead atoms. The molecule has 0 fully saturated rings. The summed E-state index contributed by atoms with van der Waals surface area (Å²) < 4.78 is 38.6. The second-order valence-corrected chi connectivity index (χ2v) is 4.41. The maximum Gasteiger partial charge on any atom is 0.451 e. The standard InChI is InChI=1S/C13H13F3N4O/c1-17-10(21)7-20(2)11-8-5-3-4-6-9(8)18-12(19-11)13(14,15)16/h3-6H,7H2,1-2H3,(H,17,21). The van der Waals surface area contributed by atoms with E-state index < -0.39 is 12.0 Å². The lowest BCUT2D eigenvalue weighted by Crippen LogP contribution is -2.34. The van der Waals surface area contributed by atoms with Crippen molar-refractivity contribution in [3.63, 3.8) is 0 Å². The zero-order chi connectivity index (χ0) is 15.6. The van der Waals surface area contributed by atoms with E-state index in [2.05, 4.69) is 15.3 Å². The van der Waals surface area contributed by atoms with Crippen LogP contribution in [0.5, 0.6) is 0 Å². The van der Waals surface area contributed by atoms with Crippen LogP contribution >= 0.6 is 0 Å². The highest BCUT2D eigenvalue weighted by Crippen LogP contribution is 2.31. The molecular formula is C13H13F3N4O. The van der Waals surface area contributed by atoms with Crippen molar-refractivity contribution in [2.75, 3.05) is 25.5 Å². The number of alkyl halides is 3. The van der Waals surface area contributed by atoms with Gasteiger partial charge in [-0.15, -0.1) is 0 Å². The molecule has 2 rings (SSSR count). The fraction of sp³-hybridized carbons (Fsp3) is 0.308. The SMILES string of the molecule is CNC(=O)CN(C)c1nc(C(F)(F)F)nc2ccccc12. The van der Waals surface area contributed by atoms with Gasteiger partial charge in [0.1, 0.15) is 5.82 Å². The molecule has 2 aromatic rings. The molecule has 0 aliphatic heterocycles. The van der Waals surface area contributed by atoms with Crippen molar-refractivity contribution in [2.45, 2.75) is 6.18 Å². The van der Waals surface area contributed by atoms with Crippen LogP contribution in [0, 0.1) is 0 Å². The molecule has 0 aliphatic carbocycles. The number of carbonyl (C=O) groups excluding carboxylic acids is 1. The fourth-order valence-electron chi connectivity index (χ4n) is 1.85. The third kappa shape index (κ3) is 3.21. The summed E-state index contributed by atoms with van der Waals surface area (Å²) in [5.41, 5.74) is 0.179. The Morgan fingerprint density at radius 1 is 1.29 bits per heavy atom. The molecule has 0 atom stereocenters. The van der Waals surface area contributed by atoms with Crippen molar-refractivity contribution in [1.29, 1.82) is 0 Å². The number of benzene rings is 1. The fourth-order valence-corrected chi connectivity index (χ4v) is 1.85. The summed E-state index contributed by atoms with van der Waals surface area (Å²) >= 11 is 0. The number of hydrogen-bond acceptors (Lipinski definition) is 4. The number of hydrogen-bond donors (Lipinski definition) is 1. The van der Waals surface area contributed by atoms with Crippen LogP contribution in [0.4, 0.5) is 19.0 Å². The molecular weight excluding hydrogens is 285 g/mol. The predicted molar refractivity (Wildman–Crippen MR) is 71.9 cm³/mol. The number of nitrogens with one attached hydrogen (secondary N) is 1. The Morgan fingerprint density at radius 2 is 1.95 bits per heavy atom. The summed E-state index contributed by atoms with van der Waals surface area (Å²) in [4.78, 5) is 19.8. The molecule has 1 N–H and O–H groups in total. The first-order valence-corrected chi connectivity index (χ1v) is 6.08. The number of carbonyl (C=O) groups is 1. The molecule has 1 aromatic carbocycles. The van der Waals surface area contributed by atoms with E-state index >= 15 is 0 Å². The lowest BCUT2D eigenvalue weighted by atomic mass is 10.2. The van der Waals surface area contributed by atoms with Crippen LogP contribution in [-0.4, -0.2) is 36.5 Å². The highest BCUT2D eigenvalue weighted by Gasteiger charge is 2.36. The number of rotatable bonds is 3. The number of anilines is 1. The molecule has 8 heteroatoms. The van der Waals surface area contributed by atoms with E-state index in [4.69, 9.17) is 0 Å². The lowest BCUT2D eigenvalue weighted by molar-refractivity contribution is -0.144. The molecule has 1 amide bonds. The Hall–Kier alpha value is -2.38. The van der Waals surface area contributed by atoms with Crippen molar-refractivity contribution in [3.05, 3.63) is 30.1 Å². The van der Waals surface area contributed by atoms with Gasteiger partial charge in [0.05, 0.1) is 12.1 Å². The van der Waals surface area contributed by atoms with Crippen LogP contribution < -0.4 is 10.2 Å². The first-order valence-electron chi connectivity index (χ1n) is 6.08. The van der Waals surface area contributed by atoms with Gasteiger partial charge in [-0.3, -0.25) is 4.79 Å². The summed E-state index contributed by atoms with van der Waals surface area (Å²) in [6.45, 7) is -0.102. The van der Waals surface area contributed by atoms with Gasteiger partial charge < -0.3 is 10.2 Å². The summed E-state index contributed by atoms with van der Waals surface area (Å²) in [5.74, 6) is -1.48. The van der Waals surface area contributed by atoms with Gasteiger partial charge in [0.2, 0.25) is 11.7 Å². The monoisotopic (exact) mass is 298 g/mol. The van der Waals surface area contributed by atoms with Gasteiger partial charge >= 0.3 is 6.18 Å². The van der Waals surface area contributed by atoms with Crippen molar-refractivity contribution in [3.8, 4) is 0 Å². The second-order valence-electron chi connectivity index (χ2n) is 4.41. The van der Waals surface area contributed by atoms with Gasteiger partial charge in [0.25, 0.3) is 0 Å². The van der Waals surface area contributed by atoms with Gasteiger partial charge in [0.15, 0.2) is 0 Å². The van der Waals surface area contributed by atoms with Crippen LogP contribution in [0.25, 0.3) is 10.9 Å². The van der Waals surface area contributed by atoms with E-state index in [1.54, 1.807) is 18.2 Å². The molecule has 0 aliphatic rings. The molecule has 1 aromatic heterocycles. The zero-order valence-corrected chi connectivity index (χ0v) is 11.4. The Morgan fingerprint density at radius 3 is 2.57 bits per heavy atom. The molecule has 1 heterocycles. The average Bonchev–Trinajstić information content (AvgIpc) is 2.44. The highest BCUT2D eigenvalue weighted by atomic mass is 19.4. The summed E-state index contributed by atoms with van der Waals surface area (Å²) in [6, 6.07) is 6.36. The number of likely N-dealkylation sites (N-methyl/N-ethyl adjacent to an activating group) is 2. The first-order chi connectivity index (χ1) is 9.82. The second kappa shape index (κ2) is 5.55. The van der Waals surface area contributed by atoms with E-state index in [1.807, 2.05) is 0 Å². The molecule has 0 unspecified atom stereocenters. The molecule has 0 saturated heterocycles. The minimum absolute atomic E-state index is 0.0662. The number of nitrogens with zero attached hydrogens (tertiary/aromatic N) is 3. The van der Waals surface area contributed by atoms with Gasteiger partial charge in [0, 0.05) is 19.5 Å². The average molecular weight is 298 g/mol. The van der Waals surface area contributed by atoms with Crippen LogP contribution in [0.3, 0.4) is 0 Å². The summed E-state index contributed by atoms with van der Waals surface area (Å²) in [6.07, 6.45) is -4.65. The highest BCUT2D eigenvalue weighted by molar-refractivity contribution is 5.91. The van der Waals surface area contributed by atoms with E-state index in [-0.39, 0.29) is 23.8 Å². The van der Waals surface area contributed by atoms with Crippen LogP contribution in [0.2, 0.25) is 0 Å². The van der Waals surface area contributed by atoms with Crippen LogP contribution in [-0.2, 0) is 11.0 Å². The third-order valence-corrected chi connectivity index (χ3v) is 2.86. The molecule has 5 nitrogen and oxygen atoms in total. The number of fused-ring (bicyclic) bond motifs is 1. The Bertz CT molecular complexity index is 672. The number of aromatic nitrogens is 2. The molecule has 0 radical (unpaired) electrons. The van der Waals surface area contributed by atoms with Crippen LogP contribution in [0.15, 0.2) is 24.3 Å². The zero-order valence-electron chi connectivity index (χ0n) is 11.4. The maximum absolute atomic E-state index is 12.9. The van der Waals surface area contributed by atoms with E-state index in [0.717, 1.165) is 0 Å². The number of amides is 1. The smallest absolute Gasteiger partial charge is 0.358 e. The summed E-state index contributed by atoms with van der Waals surface area (Å²) in [5, 5.41) is 2.87. The largest absolute Gasteiger partial charge is 0.451 e. The topological polar surface area (TPSA) is 58.1 Å². The quantitative estimate of drug-likeness (QED) is 0.939. The van der Waals surface area contributed by atoms with Gasteiger partial charge in [-0.1, -0.05) is 12.1 Å². The minimum Gasteiger partial charge on any atom is -0.358 e. The van der Waals surface area contributed by atoms with Crippen molar-refractivity contribution >= 4 is 22.6 Å². The Balaban J connectivity index is 2.57. The molecule has 0 saturated carbocycles. The Kier molecular flexibility index (Phi) is 3.97. The molecule has 112 valence electrons. The maximum atomic E-state index is 12.9. The molecule has 21 heavy (non-hydrogen) atoms. The number of para-hydroxylation sites is 1. The van der Waals surface area contributed by atoms with Gasteiger partial charge in [-0.2, -0.15) is 13.2 Å². The normalized spacial score (nSPS) is 11.5. The van der Waals surface area contributed by atoms with Crippen molar-refractivity contribution < 1.29 is 18.0 Å². The first kappa shape index (κ1) is 15.0. The van der Waals surface area contributed by atoms with Crippen molar-refractivity contribution in [1.82, 2.24) is 15.3 Å². The number of halogens is 3. The summed E-state index contributed by atoms with van der Waals surface area (Å²) in [7, 11) is 2.96. The minimum atomic E-state index is -4.65. The van der Waals surface area contributed by atoms with Crippen LogP contribution in [0.1, 0.15) is 5.82 Å². The van der Waals surface area contributed by atoms with E-state index in [0.29, 0.717) is 5.39 Å². The third-order valence-electron chi connectivity index (χ3n) is 2.86. The molecule has 0 spiro atoms. The van der Waals surface area contributed by atoms with E-state index in [9.17, 15) is 18.0 Å².